The van der Waals surface area contributed by atoms with Crippen LogP contribution < -0.4 is 4.90 Å². The number of pyridine rings is 1. The molecule has 0 aliphatic rings. The van der Waals surface area contributed by atoms with Crippen molar-refractivity contribution in [1.29, 1.82) is 0 Å². The molecule has 0 saturated heterocycles. The van der Waals surface area contributed by atoms with Crippen LogP contribution in [0.25, 0.3) is 10.6 Å². The van der Waals surface area contributed by atoms with Gasteiger partial charge in [0.25, 0.3) is 0 Å². The van der Waals surface area contributed by atoms with Crippen molar-refractivity contribution in [2.45, 2.75) is 40.5 Å². The molecular formula is C16H22N4OS. The van der Waals surface area contributed by atoms with E-state index in [2.05, 4.69) is 42.9 Å². The number of hydrogen-bond donors (Lipinski definition) is 0. The Kier molecular flexibility index (Phi) is 5.24. The van der Waals surface area contributed by atoms with Gasteiger partial charge in [-0.2, -0.15) is 0 Å². The van der Waals surface area contributed by atoms with Gasteiger partial charge in [0.15, 0.2) is 5.01 Å². The molecular weight excluding hydrogens is 296 g/mol. The second-order valence-corrected chi connectivity index (χ2v) is 7.37. The summed E-state index contributed by atoms with van der Waals surface area (Å²) in [6.07, 6.45) is 4.86. The first-order valence-corrected chi connectivity index (χ1v) is 8.26. The number of hydrogen-bond acceptors (Lipinski definition) is 5. The Balaban J connectivity index is 2.23. The molecule has 0 spiro atoms. The maximum Gasteiger partial charge on any atom is 0.229 e. The summed E-state index contributed by atoms with van der Waals surface area (Å²) in [6.45, 7) is 8.92. The molecule has 5 nitrogen and oxygen atoms in total. The molecule has 118 valence electrons. The quantitative estimate of drug-likeness (QED) is 0.842. The summed E-state index contributed by atoms with van der Waals surface area (Å²) in [4.78, 5) is 18.4. The van der Waals surface area contributed by atoms with Crippen LogP contribution in [-0.2, 0) is 4.79 Å². The van der Waals surface area contributed by atoms with E-state index in [1.54, 1.807) is 17.3 Å². The van der Waals surface area contributed by atoms with Crippen LogP contribution in [-0.4, -0.2) is 27.6 Å². The highest BCUT2D eigenvalue weighted by atomic mass is 32.1. The fraction of sp³-hybridized carbons (Fsp3) is 0.500. The van der Waals surface area contributed by atoms with Gasteiger partial charge in [0.2, 0.25) is 11.0 Å². The van der Waals surface area contributed by atoms with E-state index < -0.39 is 0 Å². The smallest absolute Gasteiger partial charge is 0.229 e. The third-order valence-corrected chi connectivity index (χ3v) is 3.98. The van der Waals surface area contributed by atoms with Crippen LogP contribution in [0.5, 0.6) is 0 Å². The minimum absolute atomic E-state index is 0.0417. The number of carbonyl (C=O) groups excluding carboxylic acids is 1. The number of nitrogens with zero attached hydrogens (tertiary/aromatic N) is 4. The predicted octanol–water partition coefficient (Wildman–Crippen LogP) is 3.78. The molecule has 22 heavy (non-hydrogen) atoms. The summed E-state index contributed by atoms with van der Waals surface area (Å²) in [5.41, 5.74) is 0.880. The lowest BCUT2D eigenvalue weighted by Crippen LogP contribution is -2.34. The maximum absolute atomic E-state index is 12.5. The van der Waals surface area contributed by atoms with Crippen LogP contribution in [0.2, 0.25) is 0 Å². The highest BCUT2D eigenvalue weighted by Crippen LogP contribution is 2.30. The summed E-state index contributed by atoms with van der Waals surface area (Å²) in [5.74, 6) is 0.100. The third kappa shape index (κ3) is 4.34. The molecule has 2 aromatic rings. The lowest BCUT2D eigenvalue weighted by atomic mass is 9.91. The van der Waals surface area contributed by atoms with Crippen molar-refractivity contribution in [3.63, 3.8) is 0 Å². The van der Waals surface area contributed by atoms with Crippen molar-refractivity contribution in [3.8, 4) is 10.6 Å². The number of rotatable bonds is 5. The Morgan fingerprint density at radius 3 is 2.68 bits per heavy atom. The molecule has 1 amide bonds. The fourth-order valence-electron chi connectivity index (χ4n) is 2.03. The van der Waals surface area contributed by atoms with Crippen molar-refractivity contribution >= 4 is 22.4 Å². The van der Waals surface area contributed by atoms with Gasteiger partial charge in [0.1, 0.15) is 0 Å². The second kappa shape index (κ2) is 6.96. The first-order chi connectivity index (χ1) is 10.4. The SMILES string of the molecule is CCCN(C(=O)CC(C)(C)C)c1nnc(-c2cccnc2)s1. The van der Waals surface area contributed by atoms with E-state index in [4.69, 9.17) is 0 Å². The van der Waals surface area contributed by atoms with Crippen LogP contribution in [0.15, 0.2) is 24.5 Å². The van der Waals surface area contributed by atoms with Gasteiger partial charge >= 0.3 is 0 Å². The number of carbonyl (C=O) groups is 1. The molecule has 0 aliphatic heterocycles. The Labute approximate surface area is 135 Å². The van der Waals surface area contributed by atoms with E-state index in [-0.39, 0.29) is 11.3 Å². The average Bonchev–Trinajstić information content (AvgIpc) is 2.93. The first-order valence-electron chi connectivity index (χ1n) is 7.45. The minimum atomic E-state index is -0.0417. The Hall–Kier alpha value is -1.82. The van der Waals surface area contributed by atoms with Crippen LogP contribution >= 0.6 is 11.3 Å². The molecule has 6 heteroatoms. The Morgan fingerprint density at radius 2 is 2.09 bits per heavy atom. The van der Waals surface area contributed by atoms with Crippen LogP contribution in [0.1, 0.15) is 40.5 Å². The van der Waals surface area contributed by atoms with Gasteiger partial charge in [-0.1, -0.05) is 39.0 Å². The van der Waals surface area contributed by atoms with Crippen molar-refractivity contribution in [2.24, 2.45) is 5.41 Å². The zero-order valence-corrected chi connectivity index (χ0v) is 14.4. The molecule has 2 heterocycles. The van der Waals surface area contributed by atoms with Gasteiger partial charge in [-0.15, -0.1) is 10.2 Å². The van der Waals surface area contributed by atoms with Gasteiger partial charge in [0, 0.05) is 30.9 Å². The lowest BCUT2D eigenvalue weighted by molar-refractivity contribution is -0.120. The van der Waals surface area contributed by atoms with E-state index in [0.717, 1.165) is 17.0 Å². The number of aromatic nitrogens is 3. The van der Waals surface area contributed by atoms with Crippen LogP contribution in [0.4, 0.5) is 5.13 Å². The largest absolute Gasteiger partial charge is 0.287 e. The standard InChI is InChI=1S/C16H22N4OS/c1-5-9-20(13(21)10-16(2,3)4)15-19-18-14(22-15)12-7-6-8-17-11-12/h6-8,11H,5,9-10H2,1-4H3. The summed E-state index contributed by atoms with van der Waals surface area (Å²) in [7, 11) is 0. The van der Waals surface area contributed by atoms with Gasteiger partial charge in [-0.25, -0.2) is 0 Å². The summed E-state index contributed by atoms with van der Waals surface area (Å²) in [6, 6.07) is 3.81. The second-order valence-electron chi connectivity index (χ2n) is 6.41. The van der Waals surface area contributed by atoms with Gasteiger partial charge in [0.05, 0.1) is 0 Å². The topological polar surface area (TPSA) is 59.0 Å². The van der Waals surface area contributed by atoms with Gasteiger partial charge in [-0.05, 0) is 24.0 Å². The third-order valence-electron chi connectivity index (χ3n) is 2.98. The molecule has 0 unspecified atom stereocenters. The monoisotopic (exact) mass is 318 g/mol. The molecule has 2 aromatic heterocycles. The lowest BCUT2D eigenvalue weighted by Gasteiger charge is -2.24. The summed E-state index contributed by atoms with van der Waals surface area (Å²) >= 11 is 1.43. The molecule has 0 bridgehead atoms. The Morgan fingerprint density at radius 1 is 1.32 bits per heavy atom. The molecule has 2 rings (SSSR count). The number of anilines is 1. The van der Waals surface area contributed by atoms with E-state index >= 15 is 0 Å². The van der Waals surface area contributed by atoms with Gasteiger partial charge < -0.3 is 0 Å². The molecule has 0 N–H and O–H groups in total. The van der Waals surface area contributed by atoms with Crippen molar-refractivity contribution in [3.05, 3.63) is 24.5 Å². The Bertz CT molecular complexity index is 619. The molecule has 0 fully saturated rings. The van der Waals surface area contributed by atoms with E-state index in [1.807, 2.05) is 12.1 Å². The van der Waals surface area contributed by atoms with Crippen LogP contribution in [0.3, 0.4) is 0 Å². The molecule has 0 aliphatic carbocycles. The molecule has 0 radical (unpaired) electrons. The average molecular weight is 318 g/mol. The zero-order valence-electron chi connectivity index (χ0n) is 13.5. The van der Waals surface area contributed by atoms with E-state index in [0.29, 0.717) is 18.1 Å². The first kappa shape index (κ1) is 16.5. The van der Waals surface area contributed by atoms with Crippen molar-refractivity contribution < 1.29 is 4.79 Å². The highest BCUT2D eigenvalue weighted by Gasteiger charge is 2.24. The summed E-state index contributed by atoms with van der Waals surface area (Å²) < 4.78 is 0. The normalized spacial score (nSPS) is 11.5. The minimum Gasteiger partial charge on any atom is -0.287 e. The molecule has 0 saturated carbocycles. The summed E-state index contributed by atoms with van der Waals surface area (Å²) in [5, 5.41) is 9.86. The number of amides is 1. The highest BCUT2D eigenvalue weighted by molar-refractivity contribution is 7.18. The maximum atomic E-state index is 12.5. The van der Waals surface area contributed by atoms with Crippen molar-refractivity contribution in [1.82, 2.24) is 15.2 Å². The molecule has 0 atom stereocenters. The van der Waals surface area contributed by atoms with Crippen molar-refractivity contribution in [2.75, 3.05) is 11.4 Å². The van der Waals surface area contributed by atoms with Crippen LogP contribution in [0, 0.1) is 5.41 Å². The zero-order chi connectivity index (χ0) is 16.2. The molecule has 0 aromatic carbocycles. The predicted molar refractivity (Wildman–Crippen MR) is 89.9 cm³/mol. The van der Waals surface area contributed by atoms with E-state index in [9.17, 15) is 4.79 Å². The van der Waals surface area contributed by atoms with Gasteiger partial charge in [-0.3, -0.25) is 14.7 Å². The fourth-order valence-corrected chi connectivity index (χ4v) is 2.91. The van der Waals surface area contributed by atoms with E-state index in [1.165, 1.54) is 11.3 Å².